The van der Waals surface area contributed by atoms with Gasteiger partial charge in [-0.15, -0.1) is 0 Å². The number of anilines is 2. The number of nitrogens with zero attached hydrogens (tertiary/aromatic N) is 6. The van der Waals surface area contributed by atoms with E-state index in [0.29, 0.717) is 45.3 Å². The minimum absolute atomic E-state index is 0.0280. The predicted octanol–water partition coefficient (Wildman–Crippen LogP) is 3.84. The van der Waals surface area contributed by atoms with Crippen LogP contribution in [0.1, 0.15) is 31.0 Å². The Hall–Kier alpha value is -3.85. The number of aromatic nitrogens is 2. The lowest BCUT2D eigenvalue weighted by Gasteiger charge is -2.38. The van der Waals surface area contributed by atoms with E-state index in [9.17, 15) is 9.90 Å². The molecule has 41 heavy (non-hydrogen) atoms. The average molecular weight is 557 g/mol. The van der Waals surface area contributed by atoms with Crippen LogP contribution >= 0.6 is 0 Å². The smallest absolute Gasteiger partial charge is 0.318 e. The van der Waals surface area contributed by atoms with E-state index in [2.05, 4.69) is 34.3 Å². The fraction of sp³-hybridized carbons (Fsp3) is 0.469. The average Bonchev–Trinajstić information content (AvgIpc) is 3.42. The molecule has 1 N–H and O–H groups in total. The second-order valence-electron chi connectivity index (χ2n) is 11.5. The highest BCUT2D eigenvalue weighted by Crippen LogP contribution is 2.36. The van der Waals surface area contributed by atoms with E-state index >= 15 is 0 Å². The van der Waals surface area contributed by atoms with Crippen molar-refractivity contribution in [1.29, 1.82) is 0 Å². The third-order valence-electron chi connectivity index (χ3n) is 8.61. The molecular weight excluding hydrogens is 516 g/mol. The number of likely N-dealkylation sites (tertiary alicyclic amines) is 1. The molecule has 0 radical (unpaired) electrons. The molecule has 3 aliphatic heterocycles. The molecule has 1 aromatic heterocycles. The van der Waals surface area contributed by atoms with Gasteiger partial charge in [-0.05, 0) is 49.3 Å². The SMILES string of the molecule is C=CC(=O)N1CCN(c2nc(OCCCN3CCC(C)C3)nc3c2CCN(c2cc(O)cc4ccccc24)C3)CC1. The highest BCUT2D eigenvalue weighted by Gasteiger charge is 2.29. The van der Waals surface area contributed by atoms with Crippen LogP contribution in [-0.2, 0) is 17.8 Å². The quantitative estimate of drug-likeness (QED) is 0.331. The molecule has 216 valence electrons. The lowest BCUT2D eigenvalue weighted by atomic mass is 10.0. The third kappa shape index (κ3) is 5.95. The van der Waals surface area contributed by atoms with Gasteiger partial charge in [0.1, 0.15) is 11.6 Å². The van der Waals surface area contributed by atoms with Gasteiger partial charge in [0.15, 0.2) is 0 Å². The van der Waals surface area contributed by atoms with Crippen molar-refractivity contribution < 1.29 is 14.6 Å². The van der Waals surface area contributed by atoms with Crippen molar-refractivity contribution in [3.63, 3.8) is 0 Å². The number of phenols is 1. The molecule has 0 spiro atoms. The standard InChI is InChI=1S/C32H40N6O3/c1-3-30(40)36-14-16-37(17-15-36)31-27-10-13-38(29-20-25(39)19-24-7-4-5-8-26(24)29)22-28(27)33-32(34-31)41-18-6-11-35-12-9-23(2)21-35/h3-5,7-8,19-20,23,39H,1,6,9-18,21-22H2,2H3. The van der Waals surface area contributed by atoms with Gasteiger partial charge in [-0.1, -0.05) is 37.8 Å². The monoisotopic (exact) mass is 556 g/mol. The first kappa shape index (κ1) is 27.3. The first-order valence-electron chi connectivity index (χ1n) is 14.9. The maximum absolute atomic E-state index is 12.2. The number of carbonyl (C=O) groups is 1. The zero-order valence-electron chi connectivity index (χ0n) is 24.0. The van der Waals surface area contributed by atoms with Crippen molar-refractivity contribution in [3.8, 4) is 11.8 Å². The minimum atomic E-state index is -0.0280. The number of piperazine rings is 1. The summed E-state index contributed by atoms with van der Waals surface area (Å²) in [4.78, 5) is 30.9. The maximum Gasteiger partial charge on any atom is 0.318 e. The van der Waals surface area contributed by atoms with Gasteiger partial charge in [0, 0.05) is 68.5 Å². The van der Waals surface area contributed by atoms with Crippen LogP contribution in [0.25, 0.3) is 10.8 Å². The second kappa shape index (κ2) is 11.9. The number of phenolic OH excluding ortho intramolecular Hbond substituents is 1. The fourth-order valence-electron chi connectivity index (χ4n) is 6.41. The normalized spacial score (nSPS) is 19.4. The lowest BCUT2D eigenvalue weighted by molar-refractivity contribution is -0.126. The van der Waals surface area contributed by atoms with Crippen molar-refractivity contribution in [3.05, 3.63) is 60.3 Å². The third-order valence-corrected chi connectivity index (χ3v) is 8.61. The van der Waals surface area contributed by atoms with Crippen LogP contribution in [0, 0.1) is 5.92 Å². The van der Waals surface area contributed by atoms with E-state index < -0.39 is 0 Å². The predicted molar refractivity (Wildman–Crippen MR) is 162 cm³/mol. The number of carbonyl (C=O) groups excluding carboxylic acids is 1. The molecule has 0 aliphatic carbocycles. The van der Waals surface area contributed by atoms with Gasteiger partial charge in [-0.25, -0.2) is 0 Å². The van der Waals surface area contributed by atoms with Crippen molar-refractivity contribution in [2.24, 2.45) is 5.92 Å². The van der Waals surface area contributed by atoms with Crippen LogP contribution in [0.2, 0.25) is 0 Å². The van der Waals surface area contributed by atoms with E-state index in [4.69, 9.17) is 14.7 Å². The topological polar surface area (TPSA) is 85.3 Å². The summed E-state index contributed by atoms with van der Waals surface area (Å²) in [5, 5.41) is 12.6. The number of amides is 1. The summed E-state index contributed by atoms with van der Waals surface area (Å²) >= 11 is 0. The highest BCUT2D eigenvalue weighted by molar-refractivity contribution is 5.95. The first-order chi connectivity index (χ1) is 20.0. The molecule has 4 heterocycles. The van der Waals surface area contributed by atoms with Gasteiger partial charge in [0.2, 0.25) is 5.91 Å². The van der Waals surface area contributed by atoms with Gasteiger partial charge in [-0.3, -0.25) is 4.79 Å². The van der Waals surface area contributed by atoms with Gasteiger partial charge in [0.05, 0.1) is 18.8 Å². The van der Waals surface area contributed by atoms with Gasteiger partial charge in [-0.2, -0.15) is 9.97 Å². The van der Waals surface area contributed by atoms with Crippen molar-refractivity contribution in [1.82, 2.24) is 19.8 Å². The molecule has 1 amide bonds. The molecule has 1 atom stereocenters. The zero-order chi connectivity index (χ0) is 28.3. The van der Waals surface area contributed by atoms with Crippen molar-refractivity contribution in [2.75, 3.05) is 68.8 Å². The molecule has 9 heteroatoms. The zero-order valence-corrected chi connectivity index (χ0v) is 24.0. The number of fused-ring (bicyclic) bond motifs is 2. The Morgan fingerprint density at radius 3 is 2.71 bits per heavy atom. The molecular formula is C32H40N6O3. The van der Waals surface area contributed by atoms with Crippen molar-refractivity contribution in [2.45, 2.75) is 32.7 Å². The van der Waals surface area contributed by atoms with Crippen LogP contribution in [0.4, 0.5) is 11.5 Å². The number of ether oxygens (including phenoxy) is 1. The summed E-state index contributed by atoms with van der Waals surface area (Å²) in [6.45, 7) is 14.0. The first-order valence-corrected chi connectivity index (χ1v) is 14.9. The molecule has 6 rings (SSSR count). The van der Waals surface area contributed by atoms with E-state index in [1.54, 1.807) is 0 Å². The van der Waals surface area contributed by atoms with Gasteiger partial charge >= 0.3 is 6.01 Å². The molecule has 9 nitrogen and oxygen atoms in total. The van der Waals surface area contributed by atoms with Crippen LogP contribution < -0.4 is 14.5 Å². The summed E-state index contributed by atoms with van der Waals surface area (Å²) < 4.78 is 6.19. The number of hydrogen-bond donors (Lipinski definition) is 1. The van der Waals surface area contributed by atoms with E-state index in [1.807, 2.05) is 35.2 Å². The largest absolute Gasteiger partial charge is 0.508 e. The van der Waals surface area contributed by atoms with Gasteiger partial charge < -0.3 is 29.4 Å². The van der Waals surface area contributed by atoms with Crippen molar-refractivity contribution >= 4 is 28.2 Å². The maximum atomic E-state index is 12.2. The fourth-order valence-corrected chi connectivity index (χ4v) is 6.41. The second-order valence-corrected chi connectivity index (χ2v) is 11.5. The number of aromatic hydroxyl groups is 1. The van der Waals surface area contributed by atoms with E-state index in [-0.39, 0.29) is 11.7 Å². The summed E-state index contributed by atoms with van der Waals surface area (Å²) in [6, 6.07) is 12.2. The van der Waals surface area contributed by atoms with Gasteiger partial charge in [0.25, 0.3) is 0 Å². The van der Waals surface area contributed by atoms with E-state index in [1.165, 1.54) is 25.6 Å². The number of benzene rings is 2. The summed E-state index contributed by atoms with van der Waals surface area (Å²) in [6.07, 6.45) is 4.38. The molecule has 0 saturated carbocycles. The van der Waals surface area contributed by atoms with Crippen LogP contribution in [0.5, 0.6) is 11.8 Å². The summed E-state index contributed by atoms with van der Waals surface area (Å²) in [7, 11) is 0. The Labute approximate surface area is 242 Å². The lowest BCUT2D eigenvalue weighted by Crippen LogP contribution is -2.49. The Morgan fingerprint density at radius 1 is 1.10 bits per heavy atom. The Morgan fingerprint density at radius 2 is 1.93 bits per heavy atom. The Balaban J connectivity index is 1.24. The highest BCUT2D eigenvalue weighted by atomic mass is 16.5. The molecule has 3 aromatic rings. The van der Waals surface area contributed by atoms with Crippen LogP contribution in [-0.4, -0.2) is 89.7 Å². The molecule has 2 saturated heterocycles. The molecule has 1 unspecified atom stereocenters. The molecule has 2 aromatic carbocycles. The number of hydrogen-bond acceptors (Lipinski definition) is 8. The summed E-state index contributed by atoms with van der Waals surface area (Å²) in [5.74, 6) is 1.93. The van der Waals surface area contributed by atoms with E-state index in [0.717, 1.165) is 65.4 Å². The number of rotatable bonds is 8. The minimum Gasteiger partial charge on any atom is -0.508 e. The molecule has 3 aliphatic rings. The summed E-state index contributed by atoms with van der Waals surface area (Å²) in [5.41, 5.74) is 3.11. The van der Waals surface area contributed by atoms with Crippen LogP contribution in [0.15, 0.2) is 49.1 Å². The molecule has 2 fully saturated rings. The molecule has 0 bridgehead atoms. The van der Waals surface area contributed by atoms with Crippen LogP contribution in [0.3, 0.4) is 0 Å². The Bertz CT molecular complexity index is 1420. The Kier molecular flexibility index (Phi) is 7.96.